The summed E-state index contributed by atoms with van der Waals surface area (Å²) in [5.41, 5.74) is 6.55. The first-order chi connectivity index (χ1) is 6.18. The summed E-state index contributed by atoms with van der Waals surface area (Å²) in [5, 5.41) is 0. The Labute approximate surface area is 85.3 Å². The van der Waals surface area contributed by atoms with Gasteiger partial charge < -0.3 is 5.73 Å². The molecule has 1 aliphatic carbocycles. The molecule has 0 radical (unpaired) electrons. The molecule has 2 rings (SSSR count). The summed E-state index contributed by atoms with van der Waals surface area (Å²) < 4.78 is 14.2. The topological polar surface area (TPSA) is 26.0 Å². The highest BCUT2D eigenvalue weighted by Crippen LogP contribution is 2.37. The molecule has 1 saturated carbocycles. The Hall–Kier alpha value is -0.410. The van der Waals surface area contributed by atoms with Crippen LogP contribution in [0.2, 0.25) is 0 Å². The lowest BCUT2D eigenvalue weighted by Gasteiger charge is -2.34. The van der Waals surface area contributed by atoms with Gasteiger partial charge in [-0.05, 0) is 30.5 Å². The summed E-state index contributed by atoms with van der Waals surface area (Å²) in [7, 11) is 0. The third kappa shape index (κ3) is 1.63. The molecular formula is C10H11BrFN. The van der Waals surface area contributed by atoms with Gasteiger partial charge in [0, 0.05) is 16.4 Å². The SMILES string of the molecule is NC1CCC1c1ccc(Br)cc1F. The normalized spacial score (nSPS) is 27.0. The average Bonchev–Trinajstić information content (AvgIpc) is 2.07. The second kappa shape index (κ2) is 3.39. The van der Waals surface area contributed by atoms with E-state index in [9.17, 15) is 4.39 Å². The van der Waals surface area contributed by atoms with Gasteiger partial charge in [-0.1, -0.05) is 22.0 Å². The first-order valence-corrected chi connectivity index (χ1v) is 5.18. The van der Waals surface area contributed by atoms with E-state index in [2.05, 4.69) is 15.9 Å². The van der Waals surface area contributed by atoms with Crippen LogP contribution in [0.4, 0.5) is 4.39 Å². The smallest absolute Gasteiger partial charge is 0.127 e. The minimum Gasteiger partial charge on any atom is -0.327 e. The second-order valence-electron chi connectivity index (χ2n) is 3.51. The molecule has 13 heavy (non-hydrogen) atoms. The van der Waals surface area contributed by atoms with Crippen LogP contribution in [0.1, 0.15) is 24.3 Å². The van der Waals surface area contributed by atoms with Gasteiger partial charge in [0.15, 0.2) is 0 Å². The van der Waals surface area contributed by atoms with Crippen molar-refractivity contribution >= 4 is 15.9 Å². The third-order valence-corrected chi connectivity index (χ3v) is 3.18. The minimum absolute atomic E-state index is 0.144. The fourth-order valence-electron chi connectivity index (χ4n) is 1.71. The number of rotatable bonds is 1. The molecule has 0 bridgehead atoms. The first kappa shape index (κ1) is 9.16. The van der Waals surface area contributed by atoms with Crippen LogP contribution in [0.15, 0.2) is 22.7 Å². The van der Waals surface area contributed by atoms with Gasteiger partial charge in [-0.2, -0.15) is 0 Å². The van der Waals surface area contributed by atoms with Crippen LogP contribution in [-0.2, 0) is 0 Å². The summed E-state index contributed by atoms with van der Waals surface area (Å²) >= 11 is 3.23. The van der Waals surface area contributed by atoms with Crippen molar-refractivity contribution in [1.29, 1.82) is 0 Å². The fourth-order valence-corrected chi connectivity index (χ4v) is 2.05. The van der Waals surface area contributed by atoms with Gasteiger partial charge in [0.05, 0.1) is 0 Å². The van der Waals surface area contributed by atoms with Crippen molar-refractivity contribution < 1.29 is 4.39 Å². The Bertz CT molecular complexity index is 327. The third-order valence-electron chi connectivity index (χ3n) is 2.69. The van der Waals surface area contributed by atoms with E-state index in [0.717, 1.165) is 22.9 Å². The van der Waals surface area contributed by atoms with E-state index in [-0.39, 0.29) is 17.8 Å². The summed E-state index contributed by atoms with van der Waals surface area (Å²) in [6, 6.07) is 5.34. The molecule has 0 aromatic heterocycles. The van der Waals surface area contributed by atoms with E-state index in [4.69, 9.17) is 5.73 Å². The number of hydrogen-bond donors (Lipinski definition) is 1. The molecule has 1 nitrogen and oxygen atoms in total. The van der Waals surface area contributed by atoms with Crippen molar-refractivity contribution in [3.05, 3.63) is 34.1 Å². The lowest BCUT2D eigenvalue weighted by Crippen LogP contribution is -2.37. The summed E-state index contributed by atoms with van der Waals surface area (Å²) in [4.78, 5) is 0. The van der Waals surface area contributed by atoms with Gasteiger partial charge in [0.1, 0.15) is 5.82 Å². The monoisotopic (exact) mass is 243 g/mol. The van der Waals surface area contributed by atoms with Gasteiger partial charge in [-0.15, -0.1) is 0 Å². The summed E-state index contributed by atoms with van der Waals surface area (Å²) in [6.07, 6.45) is 2.03. The van der Waals surface area contributed by atoms with Gasteiger partial charge in [-0.3, -0.25) is 0 Å². The molecule has 1 fully saturated rings. The second-order valence-corrected chi connectivity index (χ2v) is 4.43. The van der Waals surface area contributed by atoms with Crippen molar-refractivity contribution in [2.45, 2.75) is 24.8 Å². The standard InChI is InChI=1S/C10H11BrFN/c11-6-1-2-7(9(12)5-6)8-3-4-10(8)13/h1-2,5,8,10H,3-4,13H2. The molecule has 70 valence electrons. The molecule has 1 aromatic carbocycles. The Balaban J connectivity index is 2.30. The van der Waals surface area contributed by atoms with Crippen LogP contribution in [0, 0.1) is 5.82 Å². The molecule has 3 heteroatoms. The van der Waals surface area contributed by atoms with Crippen LogP contribution in [-0.4, -0.2) is 6.04 Å². The molecular weight excluding hydrogens is 233 g/mol. The Morgan fingerprint density at radius 1 is 1.38 bits per heavy atom. The van der Waals surface area contributed by atoms with Crippen LogP contribution >= 0.6 is 15.9 Å². The highest BCUT2D eigenvalue weighted by molar-refractivity contribution is 9.10. The molecule has 0 aliphatic heterocycles. The maximum atomic E-state index is 13.4. The number of halogens is 2. The Morgan fingerprint density at radius 2 is 2.15 bits per heavy atom. The van der Waals surface area contributed by atoms with E-state index < -0.39 is 0 Å². The van der Waals surface area contributed by atoms with E-state index in [1.54, 1.807) is 0 Å². The Morgan fingerprint density at radius 3 is 2.62 bits per heavy atom. The quantitative estimate of drug-likeness (QED) is 0.807. The lowest BCUT2D eigenvalue weighted by molar-refractivity contribution is 0.337. The number of benzene rings is 1. The Kier molecular flexibility index (Phi) is 2.39. The van der Waals surface area contributed by atoms with Crippen molar-refractivity contribution in [2.24, 2.45) is 5.73 Å². The zero-order valence-electron chi connectivity index (χ0n) is 7.13. The molecule has 0 saturated heterocycles. The lowest BCUT2D eigenvalue weighted by atomic mass is 9.75. The first-order valence-electron chi connectivity index (χ1n) is 4.39. The van der Waals surface area contributed by atoms with Crippen molar-refractivity contribution in [2.75, 3.05) is 0 Å². The van der Waals surface area contributed by atoms with Crippen molar-refractivity contribution in [3.8, 4) is 0 Å². The van der Waals surface area contributed by atoms with Gasteiger partial charge in [0.2, 0.25) is 0 Å². The molecule has 0 heterocycles. The highest BCUT2D eigenvalue weighted by atomic mass is 79.9. The predicted molar refractivity (Wildman–Crippen MR) is 54.1 cm³/mol. The molecule has 1 aromatic rings. The molecule has 0 spiro atoms. The van der Waals surface area contributed by atoms with Crippen LogP contribution in [0.5, 0.6) is 0 Å². The van der Waals surface area contributed by atoms with E-state index in [1.165, 1.54) is 6.07 Å². The maximum Gasteiger partial charge on any atom is 0.127 e. The van der Waals surface area contributed by atoms with Crippen molar-refractivity contribution in [1.82, 2.24) is 0 Å². The van der Waals surface area contributed by atoms with Crippen molar-refractivity contribution in [3.63, 3.8) is 0 Å². The van der Waals surface area contributed by atoms with E-state index in [0.29, 0.717) is 0 Å². The zero-order chi connectivity index (χ0) is 9.42. The van der Waals surface area contributed by atoms with Gasteiger partial charge in [-0.25, -0.2) is 4.39 Å². The maximum absolute atomic E-state index is 13.4. The van der Waals surface area contributed by atoms with Crippen LogP contribution in [0.25, 0.3) is 0 Å². The van der Waals surface area contributed by atoms with Crippen LogP contribution < -0.4 is 5.73 Å². The predicted octanol–water partition coefficient (Wildman–Crippen LogP) is 2.79. The minimum atomic E-state index is -0.144. The molecule has 0 amide bonds. The molecule has 2 unspecified atom stereocenters. The summed E-state index contributed by atoms with van der Waals surface area (Å²) in [6.45, 7) is 0. The zero-order valence-corrected chi connectivity index (χ0v) is 8.72. The summed E-state index contributed by atoms with van der Waals surface area (Å²) in [5.74, 6) is 0.0858. The van der Waals surface area contributed by atoms with E-state index in [1.807, 2.05) is 12.1 Å². The average molecular weight is 244 g/mol. The van der Waals surface area contributed by atoms with Gasteiger partial charge >= 0.3 is 0 Å². The molecule has 1 aliphatic rings. The number of hydrogen-bond acceptors (Lipinski definition) is 1. The van der Waals surface area contributed by atoms with E-state index >= 15 is 0 Å². The van der Waals surface area contributed by atoms with Crippen LogP contribution in [0.3, 0.4) is 0 Å². The largest absolute Gasteiger partial charge is 0.327 e. The molecule has 2 atom stereocenters. The fraction of sp³-hybridized carbons (Fsp3) is 0.400. The highest BCUT2D eigenvalue weighted by Gasteiger charge is 2.30. The number of nitrogens with two attached hydrogens (primary N) is 1. The molecule has 2 N–H and O–H groups in total. The van der Waals surface area contributed by atoms with Gasteiger partial charge in [0.25, 0.3) is 0 Å².